The number of rotatable bonds is 11. The fourth-order valence-electron chi connectivity index (χ4n) is 3.00. The third-order valence-electron chi connectivity index (χ3n) is 5.06. The summed E-state index contributed by atoms with van der Waals surface area (Å²) in [5.74, 6) is 0.511. The van der Waals surface area contributed by atoms with Crippen molar-refractivity contribution in [3.8, 4) is 17.0 Å². The first-order valence-electron chi connectivity index (χ1n) is 10.0. The Morgan fingerprint density at radius 2 is 1.86 bits per heavy atom. The van der Waals surface area contributed by atoms with Crippen LogP contribution in [-0.2, 0) is 0 Å². The Kier molecular flexibility index (Phi) is 9.05. The molecule has 0 bridgehead atoms. The van der Waals surface area contributed by atoms with Crippen LogP contribution in [0.15, 0.2) is 42.6 Å². The number of unbranched alkanes of at least 4 members (excludes halogenated alkanes) is 2. The lowest BCUT2D eigenvalue weighted by Gasteiger charge is -2.31. The van der Waals surface area contributed by atoms with Gasteiger partial charge in [0.2, 0.25) is 5.88 Å². The smallest absolute Gasteiger partial charge is 0.253 e. The Morgan fingerprint density at radius 3 is 2.41 bits per heavy atom. The Hall–Kier alpha value is -2.48. The standard InChI is InChI=1S/C22H32N4O3/c1-5-6-7-14-29-20-13-12-19(15-24-20)17-8-10-18(11-9-17)22(27)26(4)16(2)21(23-3)25-28/h8-13,15-16,21,23,25,28H,5-7,14H2,1-4H3. The molecular weight excluding hydrogens is 368 g/mol. The van der Waals surface area contributed by atoms with Crippen molar-refractivity contribution in [1.29, 1.82) is 0 Å². The molecule has 2 aromatic rings. The van der Waals surface area contributed by atoms with Crippen LogP contribution in [0.1, 0.15) is 43.5 Å². The van der Waals surface area contributed by atoms with Gasteiger partial charge in [-0.15, -0.1) is 0 Å². The summed E-state index contributed by atoms with van der Waals surface area (Å²) in [4.78, 5) is 18.7. The van der Waals surface area contributed by atoms with E-state index in [1.54, 1.807) is 37.3 Å². The normalized spacial score (nSPS) is 13.0. The summed E-state index contributed by atoms with van der Waals surface area (Å²) in [6.45, 7) is 4.70. The second kappa shape index (κ2) is 11.5. The van der Waals surface area contributed by atoms with Gasteiger partial charge in [0.25, 0.3) is 5.91 Å². The van der Waals surface area contributed by atoms with Crippen LogP contribution in [0, 0.1) is 0 Å². The Bertz CT molecular complexity index is 746. The number of hydrogen-bond acceptors (Lipinski definition) is 6. The lowest BCUT2D eigenvalue weighted by Crippen LogP contribution is -2.54. The molecule has 2 unspecified atom stereocenters. The summed E-state index contributed by atoms with van der Waals surface area (Å²) in [6.07, 6.45) is 4.72. The van der Waals surface area contributed by atoms with Gasteiger partial charge in [0.1, 0.15) is 6.17 Å². The van der Waals surface area contributed by atoms with E-state index in [9.17, 15) is 10.0 Å². The first-order chi connectivity index (χ1) is 14.0. The van der Waals surface area contributed by atoms with E-state index in [2.05, 4.69) is 22.7 Å². The molecule has 29 heavy (non-hydrogen) atoms. The molecular formula is C22H32N4O3. The van der Waals surface area contributed by atoms with Crippen LogP contribution in [0.3, 0.4) is 0 Å². The topological polar surface area (TPSA) is 86.7 Å². The summed E-state index contributed by atoms with van der Waals surface area (Å²) < 4.78 is 5.65. The highest BCUT2D eigenvalue weighted by atomic mass is 16.5. The zero-order valence-corrected chi connectivity index (χ0v) is 17.7. The van der Waals surface area contributed by atoms with Crippen LogP contribution < -0.4 is 15.5 Å². The number of hydrogen-bond donors (Lipinski definition) is 3. The molecule has 0 saturated heterocycles. The van der Waals surface area contributed by atoms with Crippen LogP contribution >= 0.6 is 0 Å². The minimum absolute atomic E-state index is 0.117. The fourth-order valence-corrected chi connectivity index (χ4v) is 3.00. The first-order valence-corrected chi connectivity index (χ1v) is 10.0. The van der Waals surface area contributed by atoms with Gasteiger partial charge in [0.15, 0.2) is 0 Å². The number of aromatic nitrogens is 1. The fraction of sp³-hybridized carbons (Fsp3) is 0.455. The van der Waals surface area contributed by atoms with E-state index in [0.717, 1.165) is 30.4 Å². The predicted molar refractivity (Wildman–Crippen MR) is 114 cm³/mol. The van der Waals surface area contributed by atoms with Gasteiger partial charge in [0, 0.05) is 30.4 Å². The van der Waals surface area contributed by atoms with Crippen molar-refractivity contribution in [2.45, 2.75) is 45.3 Å². The molecule has 1 amide bonds. The van der Waals surface area contributed by atoms with Crippen molar-refractivity contribution in [2.75, 3.05) is 20.7 Å². The first kappa shape index (κ1) is 22.8. The van der Waals surface area contributed by atoms with Crippen LogP contribution in [0.2, 0.25) is 0 Å². The molecule has 7 heteroatoms. The zero-order valence-electron chi connectivity index (χ0n) is 17.7. The quantitative estimate of drug-likeness (QED) is 0.305. The molecule has 0 aliphatic rings. The minimum atomic E-state index is -0.419. The summed E-state index contributed by atoms with van der Waals surface area (Å²) in [7, 11) is 3.43. The largest absolute Gasteiger partial charge is 0.478 e. The number of pyridine rings is 1. The van der Waals surface area contributed by atoms with Gasteiger partial charge >= 0.3 is 0 Å². The van der Waals surface area contributed by atoms with Gasteiger partial charge in [-0.1, -0.05) is 31.9 Å². The van der Waals surface area contributed by atoms with E-state index in [4.69, 9.17) is 4.74 Å². The maximum Gasteiger partial charge on any atom is 0.253 e. The molecule has 1 heterocycles. The van der Waals surface area contributed by atoms with Crippen LogP contribution in [-0.4, -0.2) is 53.9 Å². The molecule has 0 radical (unpaired) electrons. The van der Waals surface area contributed by atoms with Gasteiger partial charge < -0.3 is 20.2 Å². The van der Waals surface area contributed by atoms with E-state index < -0.39 is 6.17 Å². The molecule has 7 nitrogen and oxygen atoms in total. The SMILES string of the molecule is CCCCCOc1ccc(-c2ccc(C(=O)N(C)C(C)C(NC)NO)cc2)cn1. The van der Waals surface area contributed by atoms with E-state index in [0.29, 0.717) is 18.1 Å². The van der Waals surface area contributed by atoms with E-state index in [1.807, 2.05) is 31.2 Å². The molecule has 0 aliphatic carbocycles. The van der Waals surface area contributed by atoms with Crippen LogP contribution in [0.4, 0.5) is 0 Å². The Balaban J connectivity index is 2.01. The second-order valence-corrected chi connectivity index (χ2v) is 7.07. The van der Waals surface area contributed by atoms with Crippen molar-refractivity contribution in [1.82, 2.24) is 20.7 Å². The van der Waals surface area contributed by atoms with Crippen LogP contribution in [0.5, 0.6) is 5.88 Å². The summed E-state index contributed by atoms with van der Waals surface area (Å²) in [5.41, 5.74) is 4.70. The molecule has 0 saturated carbocycles. The van der Waals surface area contributed by atoms with Crippen molar-refractivity contribution in [3.05, 3.63) is 48.2 Å². The third kappa shape index (κ3) is 6.25. The number of nitrogens with one attached hydrogen (secondary N) is 2. The molecule has 0 aliphatic heterocycles. The average molecular weight is 401 g/mol. The van der Waals surface area contributed by atoms with Crippen molar-refractivity contribution >= 4 is 5.91 Å². The maximum atomic E-state index is 12.7. The van der Waals surface area contributed by atoms with Gasteiger partial charge in [-0.2, -0.15) is 5.48 Å². The molecule has 2 atom stereocenters. The molecule has 1 aromatic heterocycles. The number of likely N-dealkylation sites (N-methyl/N-ethyl adjacent to an activating group) is 2. The van der Waals surface area contributed by atoms with Gasteiger partial charge in [0.05, 0.1) is 12.6 Å². The average Bonchev–Trinajstić information content (AvgIpc) is 2.77. The summed E-state index contributed by atoms with van der Waals surface area (Å²) in [5, 5.41) is 12.1. The Morgan fingerprint density at radius 1 is 1.17 bits per heavy atom. The predicted octanol–water partition coefficient (Wildman–Crippen LogP) is 3.30. The molecule has 2 rings (SSSR count). The monoisotopic (exact) mass is 400 g/mol. The maximum absolute atomic E-state index is 12.7. The highest BCUT2D eigenvalue weighted by Crippen LogP contribution is 2.21. The number of amides is 1. The Labute approximate surface area is 173 Å². The highest BCUT2D eigenvalue weighted by molar-refractivity contribution is 5.94. The number of carbonyl (C=O) groups is 1. The lowest BCUT2D eigenvalue weighted by atomic mass is 10.0. The lowest BCUT2D eigenvalue weighted by molar-refractivity contribution is 0.0493. The number of nitrogens with zero attached hydrogens (tertiary/aromatic N) is 2. The number of carbonyl (C=O) groups excluding carboxylic acids is 1. The molecule has 0 fully saturated rings. The minimum Gasteiger partial charge on any atom is -0.478 e. The number of hydroxylamine groups is 1. The van der Waals surface area contributed by atoms with E-state index in [1.165, 1.54) is 0 Å². The molecule has 1 aromatic carbocycles. The number of benzene rings is 1. The van der Waals surface area contributed by atoms with E-state index >= 15 is 0 Å². The zero-order chi connectivity index (χ0) is 21.2. The second-order valence-electron chi connectivity index (χ2n) is 7.07. The van der Waals surface area contributed by atoms with Gasteiger partial charge in [-0.3, -0.25) is 4.79 Å². The summed E-state index contributed by atoms with van der Waals surface area (Å²) in [6, 6.07) is 11.0. The number of ether oxygens (including phenoxy) is 1. The van der Waals surface area contributed by atoms with Gasteiger partial charge in [-0.05, 0) is 44.2 Å². The van der Waals surface area contributed by atoms with Crippen LogP contribution in [0.25, 0.3) is 11.1 Å². The van der Waals surface area contributed by atoms with E-state index in [-0.39, 0.29) is 11.9 Å². The third-order valence-corrected chi connectivity index (χ3v) is 5.06. The summed E-state index contributed by atoms with van der Waals surface area (Å²) >= 11 is 0. The van der Waals surface area contributed by atoms with Crippen molar-refractivity contribution in [3.63, 3.8) is 0 Å². The van der Waals surface area contributed by atoms with Gasteiger partial charge in [-0.25, -0.2) is 4.98 Å². The van der Waals surface area contributed by atoms with Crippen molar-refractivity contribution in [2.24, 2.45) is 0 Å². The molecule has 158 valence electrons. The molecule has 0 spiro atoms. The van der Waals surface area contributed by atoms with Crippen molar-refractivity contribution < 1.29 is 14.7 Å². The molecule has 3 N–H and O–H groups in total. The highest BCUT2D eigenvalue weighted by Gasteiger charge is 2.23.